The molecule has 8 heteroatoms. The molecule has 1 saturated heterocycles. The maximum Gasteiger partial charge on any atom is 0.326 e. The van der Waals surface area contributed by atoms with E-state index in [-0.39, 0.29) is 16.3 Å². The van der Waals surface area contributed by atoms with E-state index >= 15 is 0 Å². The first-order valence-electron chi connectivity index (χ1n) is 11.7. The lowest BCUT2D eigenvalue weighted by Crippen LogP contribution is -2.43. The Kier molecular flexibility index (Phi) is 11.2. The highest BCUT2D eigenvalue weighted by Crippen LogP contribution is 2.36. The summed E-state index contributed by atoms with van der Waals surface area (Å²) in [6.07, 6.45) is 9.91. The average Bonchev–Trinajstić information content (AvgIpc) is 3.05. The first-order chi connectivity index (χ1) is 15.8. The molecule has 0 radical (unpaired) electrons. The maximum absolute atomic E-state index is 12.9. The highest BCUT2D eigenvalue weighted by atomic mass is 32.2. The minimum atomic E-state index is -1.04. The van der Waals surface area contributed by atoms with Crippen molar-refractivity contribution in [3.63, 3.8) is 0 Å². The molecule has 2 atom stereocenters. The van der Waals surface area contributed by atoms with Crippen LogP contribution in [0.4, 0.5) is 0 Å². The number of unbranched alkanes of at least 4 members (excludes halogenated alkanes) is 4. The smallest absolute Gasteiger partial charge is 0.326 e. The molecule has 0 spiro atoms. The monoisotopic (exact) mass is 493 g/mol. The van der Waals surface area contributed by atoms with E-state index in [0.29, 0.717) is 29.2 Å². The van der Waals surface area contributed by atoms with Gasteiger partial charge in [0.1, 0.15) is 10.4 Å². The number of hydrogen-bond donors (Lipinski definition) is 1. The van der Waals surface area contributed by atoms with Gasteiger partial charge < -0.3 is 14.6 Å². The maximum atomic E-state index is 12.9. The zero-order chi connectivity index (χ0) is 24.4. The fourth-order valence-electron chi connectivity index (χ4n) is 3.72. The summed E-state index contributed by atoms with van der Waals surface area (Å²) >= 11 is 6.44. The second-order valence-corrected chi connectivity index (χ2v) is 9.91. The molecular weight excluding hydrogens is 458 g/mol. The van der Waals surface area contributed by atoms with E-state index in [2.05, 4.69) is 13.8 Å². The van der Waals surface area contributed by atoms with E-state index in [1.165, 1.54) is 30.6 Å². The van der Waals surface area contributed by atoms with Crippen LogP contribution in [0.5, 0.6) is 11.5 Å². The number of hydrogen-bond acceptors (Lipinski definition) is 6. The molecule has 1 aliphatic heterocycles. The summed E-state index contributed by atoms with van der Waals surface area (Å²) < 4.78 is 11.9. The topological polar surface area (TPSA) is 76.1 Å². The van der Waals surface area contributed by atoms with Crippen LogP contribution in [0.25, 0.3) is 6.08 Å². The third kappa shape index (κ3) is 7.74. The van der Waals surface area contributed by atoms with Crippen molar-refractivity contribution < 1.29 is 24.2 Å². The summed E-state index contributed by atoms with van der Waals surface area (Å²) in [5.41, 5.74) is 0.759. The second-order valence-electron chi connectivity index (χ2n) is 8.24. The molecule has 182 valence electrons. The van der Waals surface area contributed by atoms with Crippen molar-refractivity contribution in [1.82, 2.24) is 4.90 Å². The lowest BCUT2D eigenvalue weighted by atomic mass is 10.1. The van der Waals surface area contributed by atoms with Gasteiger partial charge in [0.2, 0.25) is 0 Å². The van der Waals surface area contributed by atoms with Crippen molar-refractivity contribution in [3.8, 4) is 11.5 Å². The number of carbonyl (C=O) groups excluding carboxylic acids is 1. The zero-order valence-corrected chi connectivity index (χ0v) is 21.6. The van der Waals surface area contributed by atoms with Gasteiger partial charge in [-0.15, -0.1) is 0 Å². The van der Waals surface area contributed by atoms with Crippen molar-refractivity contribution in [2.24, 2.45) is 0 Å². The second kappa shape index (κ2) is 13.6. The standard InChI is InChI=1S/C25H35NO5S2/c1-5-7-8-9-10-12-17(3)31-20-14-13-18(15-21(20)30-4)16-22-23(27)26(25(32)33-22)19(11-6-2)24(28)29/h13-17,19H,5-12H2,1-4H3,(H,28,29). The van der Waals surface area contributed by atoms with Gasteiger partial charge in [0, 0.05) is 0 Å². The van der Waals surface area contributed by atoms with Crippen molar-refractivity contribution in [2.75, 3.05) is 7.11 Å². The minimum Gasteiger partial charge on any atom is -0.493 e. The van der Waals surface area contributed by atoms with Gasteiger partial charge in [-0.25, -0.2) is 4.79 Å². The van der Waals surface area contributed by atoms with Crippen LogP contribution in [-0.2, 0) is 9.59 Å². The van der Waals surface area contributed by atoms with Crippen molar-refractivity contribution in [2.45, 2.75) is 84.3 Å². The number of thioether (sulfide) groups is 1. The van der Waals surface area contributed by atoms with E-state index in [1.807, 2.05) is 25.1 Å². The number of carbonyl (C=O) groups is 2. The normalized spacial score (nSPS) is 16.8. The summed E-state index contributed by atoms with van der Waals surface area (Å²) in [7, 11) is 1.59. The van der Waals surface area contributed by atoms with Crippen LogP contribution in [0.1, 0.15) is 77.7 Å². The van der Waals surface area contributed by atoms with Gasteiger partial charge in [0.15, 0.2) is 11.5 Å². The van der Waals surface area contributed by atoms with Crippen LogP contribution in [0.15, 0.2) is 23.1 Å². The number of nitrogens with zero attached hydrogens (tertiary/aromatic N) is 1. The average molecular weight is 494 g/mol. The van der Waals surface area contributed by atoms with Gasteiger partial charge >= 0.3 is 5.97 Å². The van der Waals surface area contributed by atoms with Gasteiger partial charge in [0.25, 0.3) is 5.91 Å². The Morgan fingerprint density at radius 2 is 1.88 bits per heavy atom. The lowest BCUT2D eigenvalue weighted by Gasteiger charge is -2.22. The van der Waals surface area contributed by atoms with Crippen LogP contribution >= 0.6 is 24.0 Å². The summed E-state index contributed by atoms with van der Waals surface area (Å²) in [4.78, 5) is 26.2. The predicted molar refractivity (Wildman–Crippen MR) is 138 cm³/mol. The van der Waals surface area contributed by atoms with Crippen LogP contribution in [0.3, 0.4) is 0 Å². The Morgan fingerprint density at radius 1 is 1.15 bits per heavy atom. The SMILES string of the molecule is CCCCCCCC(C)Oc1ccc(C=C2SC(=S)N(C(CCC)C(=O)O)C2=O)cc1OC. The third-order valence-electron chi connectivity index (χ3n) is 5.51. The van der Waals surface area contributed by atoms with Crippen molar-refractivity contribution in [3.05, 3.63) is 28.7 Å². The fourth-order valence-corrected chi connectivity index (χ4v) is 5.08. The molecule has 1 fully saturated rings. The highest BCUT2D eigenvalue weighted by Gasteiger charge is 2.40. The molecule has 1 N–H and O–H groups in total. The number of carboxylic acid groups (broad SMARTS) is 1. The van der Waals surface area contributed by atoms with Crippen LogP contribution in [0.2, 0.25) is 0 Å². The van der Waals surface area contributed by atoms with Gasteiger partial charge in [-0.3, -0.25) is 9.69 Å². The number of benzene rings is 1. The molecule has 1 aromatic carbocycles. The first-order valence-corrected chi connectivity index (χ1v) is 12.9. The number of aliphatic carboxylic acids is 1. The molecule has 0 bridgehead atoms. The molecular formula is C25H35NO5S2. The molecule has 2 unspecified atom stereocenters. The highest BCUT2D eigenvalue weighted by molar-refractivity contribution is 8.26. The Bertz CT molecular complexity index is 870. The summed E-state index contributed by atoms with van der Waals surface area (Å²) in [6, 6.07) is 4.58. The van der Waals surface area contributed by atoms with Gasteiger partial charge in [0.05, 0.1) is 18.1 Å². The Morgan fingerprint density at radius 3 is 2.52 bits per heavy atom. The van der Waals surface area contributed by atoms with Crippen LogP contribution in [0, 0.1) is 0 Å². The number of ether oxygens (including phenoxy) is 2. The summed E-state index contributed by atoms with van der Waals surface area (Å²) in [6.45, 7) is 6.16. The molecule has 0 aliphatic carbocycles. The van der Waals surface area contributed by atoms with E-state index in [0.717, 1.165) is 30.2 Å². The van der Waals surface area contributed by atoms with Crippen LogP contribution < -0.4 is 9.47 Å². The predicted octanol–water partition coefficient (Wildman–Crippen LogP) is 6.28. The van der Waals surface area contributed by atoms with E-state index in [4.69, 9.17) is 21.7 Å². The van der Waals surface area contributed by atoms with Gasteiger partial charge in [-0.2, -0.15) is 0 Å². The summed E-state index contributed by atoms with van der Waals surface area (Å²) in [5.74, 6) is -0.164. The molecule has 0 saturated carbocycles. The number of amides is 1. The van der Waals surface area contributed by atoms with Gasteiger partial charge in [-0.05, 0) is 50.0 Å². The molecule has 1 aromatic rings. The molecule has 33 heavy (non-hydrogen) atoms. The summed E-state index contributed by atoms with van der Waals surface area (Å²) in [5, 5.41) is 9.53. The molecule has 1 aliphatic rings. The largest absolute Gasteiger partial charge is 0.493 e. The van der Waals surface area contributed by atoms with Gasteiger partial charge in [-0.1, -0.05) is 76.0 Å². The fraction of sp³-hybridized carbons (Fsp3) is 0.560. The van der Waals surface area contributed by atoms with E-state index < -0.39 is 12.0 Å². The molecule has 1 amide bonds. The number of methoxy groups -OCH3 is 1. The molecule has 1 heterocycles. The van der Waals surface area contributed by atoms with Crippen LogP contribution in [-0.4, -0.2) is 45.5 Å². The molecule has 2 rings (SSSR count). The molecule has 0 aromatic heterocycles. The zero-order valence-electron chi connectivity index (χ0n) is 20.0. The first kappa shape index (κ1) is 27.2. The number of thiocarbonyl (C=S) groups is 1. The third-order valence-corrected chi connectivity index (χ3v) is 6.84. The Labute approximate surface area is 206 Å². The Balaban J connectivity index is 2.10. The van der Waals surface area contributed by atoms with Crippen molar-refractivity contribution in [1.29, 1.82) is 0 Å². The van der Waals surface area contributed by atoms with E-state index in [9.17, 15) is 14.7 Å². The number of rotatable bonds is 14. The van der Waals surface area contributed by atoms with E-state index in [1.54, 1.807) is 13.2 Å². The quantitative estimate of drug-likeness (QED) is 0.186. The van der Waals surface area contributed by atoms with Crippen molar-refractivity contribution >= 4 is 46.3 Å². The Hall–Kier alpha value is -2.06. The lowest BCUT2D eigenvalue weighted by molar-refractivity contribution is -0.145. The minimum absolute atomic E-state index is 0.0779. The molecule has 6 nitrogen and oxygen atoms in total. The number of carboxylic acids is 1.